The molecule has 8 heteroatoms. The molecule has 0 fully saturated rings. The summed E-state index contributed by atoms with van der Waals surface area (Å²) in [5.41, 5.74) is -1.93. The standard InChI is InChI=1S/C22H30F4O4/c1-2-3-4-5-6-7-8-9-15-29-20(27)13-14-21(28)30-16-17-18(22(24,25)26)11-10-12-19(17)23/h10-12H,2-9,13-16H2,1H3. The lowest BCUT2D eigenvalue weighted by molar-refractivity contribution is -0.152. The Labute approximate surface area is 174 Å². The third kappa shape index (κ3) is 10.6. The maximum Gasteiger partial charge on any atom is 0.416 e. The molecule has 0 radical (unpaired) electrons. The number of carbonyl (C=O) groups is 2. The van der Waals surface area contributed by atoms with Gasteiger partial charge in [-0.1, -0.05) is 57.9 Å². The van der Waals surface area contributed by atoms with Crippen LogP contribution in [0.15, 0.2) is 18.2 Å². The highest BCUT2D eigenvalue weighted by atomic mass is 19.4. The fourth-order valence-corrected chi connectivity index (χ4v) is 2.89. The first-order chi connectivity index (χ1) is 14.3. The predicted molar refractivity (Wildman–Crippen MR) is 104 cm³/mol. The quantitative estimate of drug-likeness (QED) is 0.194. The highest BCUT2D eigenvalue weighted by Crippen LogP contribution is 2.33. The Kier molecular flexibility index (Phi) is 12.1. The van der Waals surface area contributed by atoms with Crippen LogP contribution in [0.2, 0.25) is 0 Å². The van der Waals surface area contributed by atoms with Gasteiger partial charge in [-0.15, -0.1) is 0 Å². The SMILES string of the molecule is CCCCCCCCCCOC(=O)CCC(=O)OCc1c(F)cccc1C(F)(F)F. The van der Waals surface area contributed by atoms with Crippen LogP contribution in [-0.2, 0) is 31.8 Å². The summed E-state index contributed by atoms with van der Waals surface area (Å²) in [5, 5.41) is 0. The first-order valence-corrected chi connectivity index (χ1v) is 10.4. The van der Waals surface area contributed by atoms with Crippen molar-refractivity contribution >= 4 is 11.9 Å². The number of esters is 2. The zero-order valence-electron chi connectivity index (χ0n) is 17.4. The number of ether oxygens (including phenoxy) is 2. The van der Waals surface area contributed by atoms with Crippen molar-refractivity contribution in [2.75, 3.05) is 6.61 Å². The van der Waals surface area contributed by atoms with Gasteiger partial charge in [-0.05, 0) is 18.6 Å². The van der Waals surface area contributed by atoms with Gasteiger partial charge in [0, 0.05) is 5.56 Å². The second kappa shape index (κ2) is 14.0. The number of alkyl halides is 3. The maximum atomic E-state index is 13.7. The van der Waals surface area contributed by atoms with Crippen molar-refractivity contribution < 1.29 is 36.6 Å². The molecule has 0 aromatic heterocycles. The van der Waals surface area contributed by atoms with Gasteiger partial charge in [0.25, 0.3) is 0 Å². The van der Waals surface area contributed by atoms with E-state index in [-0.39, 0.29) is 19.4 Å². The van der Waals surface area contributed by atoms with Crippen molar-refractivity contribution in [3.63, 3.8) is 0 Å². The van der Waals surface area contributed by atoms with Gasteiger partial charge in [0.15, 0.2) is 0 Å². The third-order valence-electron chi connectivity index (χ3n) is 4.60. The van der Waals surface area contributed by atoms with Crippen LogP contribution in [0.1, 0.15) is 82.3 Å². The zero-order valence-corrected chi connectivity index (χ0v) is 17.4. The maximum absolute atomic E-state index is 13.7. The Morgan fingerprint density at radius 3 is 2.03 bits per heavy atom. The molecule has 0 aliphatic carbocycles. The Hall–Kier alpha value is -2.12. The second-order valence-corrected chi connectivity index (χ2v) is 7.12. The van der Waals surface area contributed by atoms with Gasteiger partial charge in [-0.3, -0.25) is 9.59 Å². The van der Waals surface area contributed by atoms with E-state index in [1.54, 1.807) is 0 Å². The average molecular weight is 434 g/mol. The zero-order chi connectivity index (χ0) is 22.4. The normalized spacial score (nSPS) is 11.4. The third-order valence-corrected chi connectivity index (χ3v) is 4.60. The van der Waals surface area contributed by atoms with Crippen LogP contribution in [0.4, 0.5) is 17.6 Å². The molecule has 4 nitrogen and oxygen atoms in total. The van der Waals surface area contributed by atoms with Crippen LogP contribution in [0, 0.1) is 5.82 Å². The first kappa shape index (κ1) is 25.9. The van der Waals surface area contributed by atoms with E-state index in [9.17, 15) is 27.2 Å². The highest BCUT2D eigenvalue weighted by Gasteiger charge is 2.34. The number of rotatable bonds is 14. The molecule has 1 rings (SSSR count). The molecule has 1 aromatic rings. The van der Waals surface area contributed by atoms with E-state index in [4.69, 9.17) is 9.47 Å². The van der Waals surface area contributed by atoms with Crippen molar-refractivity contribution in [2.24, 2.45) is 0 Å². The molecule has 0 saturated carbocycles. The minimum Gasteiger partial charge on any atom is -0.466 e. The molecule has 0 amide bonds. The molecule has 0 atom stereocenters. The summed E-state index contributed by atoms with van der Waals surface area (Å²) in [4.78, 5) is 23.3. The van der Waals surface area contributed by atoms with Gasteiger partial charge >= 0.3 is 18.1 Å². The van der Waals surface area contributed by atoms with Crippen LogP contribution in [-0.4, -0.2) is 18.5 Å². The van der Waals surface area contributed by atoms with Gasteiger partial charge in [-0.25, -0.2) is 4.39 Å². The molecule has 0 aliphatic heterocycles. The van der Waals surface area contributed by atoms with E-state index in [0.29, 0.717) is 0 Å². The molecular formula is C22H30F4O4. The smallest absolute Gasteiger partial charge is 0.416 e. The second-order valence-electron chi connectivity index (χ2n) is 7.12. The molecule has 0 heterocycles. The summed E-state index contributed by atoms with van der Waals surface area (Å²) in [6.07, 6.45) is 3.55. The van der Waals surface area contributed by atoms with E-state index in [2.05, 4.69) is 6.92 Å². The molecule has 0 aliphatic rings. The van der Waals surface area contributed by atoms with Gasteiger partial charge in [0.05, 0.1) is 25.0 Å². The summed E-state index contributed by atoms with van der Waals surface area (Å²) in [5.74, 6) is -2.57. The summed E-state index contributed by atoms with van der Waals surface area (Å²) < 4.78 is 62.1. The average Bonchev–Trinajstić information content (AvgIpc) is 2.69. The van der Waals surface area contributed by atoms with Crippen LogP contribution >= 0.6 is 0 Å². The van der Waals surface area contributed by atoms with E-state index in [1.165, 1.54) is 25.7 Å². The van der Waals surface area contributed by atoms with E-state index in [1.807, 2.05) is 0 Å². The molecule has 170 valence electrons. The van der Waals surface area contributed by atoms with Gasteiger partial charge in [-0.2, -0.15) is 13.2 Å². The summed E-state index contributed by atoms with van der Waals surface area (Å²) in [6.45, 7) is 1.58. The molecule has 0 saturated heterocycles. The van der Waals surface area contributed by atoms with Crippen LogP contribution in [0.5, 0.6) is 0 Å². The monoisotopic (exact) mass is 434 g/mol. The fourth-order valence-electron chi connectivity index (χ4n) is 2.89. The van der Waals surface area contributed by atoms with Crippen molar-refractivity contribution in [1.29, 1.82) is 0 Å². The number of hydrogen-bond donors (Lipinski definition) is 0. The van der Waals surface area contributed by atoms with Gasteiger partial charge < -0.3 is 9.47 Å². The summed E-state index contributed by atoms with van der Waals surface area (Å²) in [7, 11) is 0. The van der Waals surface area contributed by atoms with Crippen LogP contribution in [0.25, 0.3) is 0 Å². The highest BCUT2D eigenvalue weighted by molar-refractivity contribution is 5.77. The summed E-state index contributed by atoms with van der Waals surface area (Å²) >= 11 is 0. The molecular weight excluding hydrogens is 404 g/mol. The first-order valence-electron chi connectivity index (χ1n) is 10.4. The molecule has 30 heavy (non-hydrogen) atoms. The van der Waals surface area contributed by atoms with Crippen molar-refractivity contribution in [3.8, 4) is 0 Å². The molecule has 1 aromatic carbocycles. The lowest BCUT2D eigenvalue weighted by Crippen LogP contribution is -2.15. The topological polar surface area (TPSA) is 52.6 Å². The van der Waals surface area contributed by atoms with Crippen molar-refractivity contribution in [1.82, 2.24) is 0 Å². The largest absolute Gasteiger partial charge is 0.466 e. The molecule has 0 bridgehead atoms. The molecule has 0 spiro atoms. The van der Waals surface area contributed by atoms with Gasteiger partial charge in [0.2, 0.25) is 0 Å². The lowest BCUT2D eigenvalue weighted by atomic mass is 10.1. The number of hydrogen-bond acceptors (Lipinski definition) is 4. The number of carbonyl (C=O) groups excluding carboxylic acids is 2. The minimum atomic E-state index is -4.76. The lowest BCUT2D eigenvalue weighted by Gasteiger charge is -2.13. The minimum absolute atomic E-state index is 0.237. The Bertz CT molecular complexity index is 659. The number of halogens is 4. The fraction of sp³-hybridized carbons (Fsp3) is 0.636. The van der Waals surface area contributed by atoms with Crippen LogP contribution in [0.3, 0.4) is 0 Å². The van der Waals surface area contributed by atoms with Crippen molar-refractivity contribution in [3.05, 3.63) is 35.1 Å². The van der Waals surface area contributed by atoms with Gasteiger partial charge in [0.1, 0.15) is 12.4 Å². The predicted octanol–water partition coefficient (Wildman–Crippen LogP) is 6.35. The Morgan fingerprint density at radius 1 is 0.867 bits per heavy atom. The van der Waals surface area contributed by atoms with E-state index < -0.39 is 41.7 Å². The van der Waals surface area contributed by atoms with E-state index >= 15 is 0 Å². The number of unbranched alkanes of at least 4 members (excludes halogenated alkanes) is 7. The Balaban J connectivity index is 2.21. The molecule has 0 N–H and O–H groups in total. The summed E-state index contributed by atoms with van der Waals surface area (Å²) in [6, 6.07) is 2.52. The van der Waals surface area contributed by atoms with Crippen molar-refractivity contribution in [2.45, 2.75) is 83.9 Å². The molecule has 0 unspecified atom stereocenters. The Morgan fingerprint density at radius 2 is 1.43 bits per heavy atom. The van der Waals surface area contributed by atoms with E-state index in [0.717, 1.165) is 43.9 Å². The van der Waals surface area contributed by atoms with Crippen LogP contribution < -0.4 is 0 Å². The number of benzene rings is 1.